The van der Waals surface area contributed by atoms with E-state index in [-0.39, 0.29) is 30.8 Å². The van der Waals surface area contributed by atoms with E-state index in [0.717, 1.165) is 22.4 Å². The lowest BCUT2D eigenvalue weighted by molar-refractivity contribution is -0.173. The van der Waals surface area contributed by atoms with Crippen molar-refractivity contribution >= 4 is 17.4 Å². The molecule has 2 aliphatic heterocycles. The van der Waals surface area contributed by atoms with Gasteiger partial charge in [0.15, 0.2) is 6.04 Å². The third-order valence-corrected chi connectivity index (χ3v) is 6.26. The number of aryl methyl sites for hydroxylation is 1. The summed E-state index contributed by atoms with van der Waals surface area (Å²) in [6, 6.07) is 7.54. The van der Waals surface area contributed by atoms with Crippen LogP contribution in [0.1, 0.15) is 49.4 Å². The second kappa shape index (κ2) is 8.53. The maximum absolute atomic E-state index is 13.6. The van der Waals surface area contributed by atoms with Crippen LogP contribution in [0.3, 0.4) is 0 Å². The summed E-state index contributed by atoms with van der Waals surface area (Å²) in [7, 11) is 0. The number of nitrogens with one attached hydrogen (secondary N) is 2. The Labute approximate surface area is 179 Å². The topological polar surface area (TPSA) is 62.2 Å². The molecule has 0 unspecified atom stereocenters. The first-order valence-corrected chi connectivity index (χ1v) is 10.7. The SMILES string of the molecule is CC[C@@H]1C[C@H](C(F)(F)F)n2nc([C@@H]3CCN(CC(=O)Nc4ccccc4C)C3)cc2N1. The molecule has 6 nitrogen and oxygen atoms in total. The zero-order chi connectivity index (χ0) is 22.2. The molecule has 2 aromatic rings. The van der Waals surface area contributed by atoms with Crippen molar-refractivity contribution in [2.75, 3.05) is 30.3 Å². The van der Waals surface area contributed by atoms with E-state index in [0.29, 0.717) is 31.0 Å². The van der Waals surface area contributed by atoms with Crippen molar-refractivity contribution in [2.24, 2.45) is 0 Å². The van der Waals surface area contributed by atoms with Gasteiger partial charge in [-0.15, -0.1) is 0 Å². The summed E-state index contributed by atoms with van der Waals surface area (Å²) in [5, 5.41) is 10.5. The van der Waals surface area contributed by atoms with E-state index in [4.69, 9.17) is 0 Å². The molecule has 0 aliphatic carbocycles. The Hall–Kier alpha value is -2.55. The minimum absolute atomic E-state index is 0.00993. The van der Waals surface area contributed by atoms with Crippen LogP contribution in [0.4, 0.5) is 24.7 Å². The molecule has 0 radical (unpaired) electrons. The van der Waals surface area contributed by atoms with E-state index < -0.39 is 12.2 Å². The van der Waals surface area contributed by atoms with Crippen LogP contribution in [0.5, 0.6) is 0 Å². The standard InChI is InChI=1S/C22H28F3N5O/c1-3-16-10-19(22(23,24)25)30-20(26-16)11-18(28-30)15-8-9-29(12-15)13-21(31)27-17-7-5-4-6-14(17)2/h4-7,11,15-16,19,26H,3,8-10,12-13H2,1-2H3,(H,27,31)/t15-,16-,19-/m1/s1. The van der Waals surface area contributed by atoms with E-state index in [9.17, 15) is 18.0 Å². The van der Waals surface area contributed by atoms with E-state index in [1.165, 1.54) is 0 Å². The molecule has 2 aliphatic rings. The molecule has 0 bridgehead atoms. The number of fused-ring (bicyclic) bond motifs is 1. The third kappa shape index (κ3) is 4.71. The number of alkyl halides is 3. The van der Waals surface area contributed by atoms with Gasteiger partial charge in [-0.05, 0) is 44.4 Å². The first-order valence-electron chi connectivity index (χ1n) is 10.7. The first-order chi connectivity index (χ1) is 14.7. The van der Waals surface area contributed by atoms with Crippen molar-refractivity contribution in [1.82, 2.24) is 14.7 Å². The van der Waals surface area contributed by atoms with Crippen molar-refractivity contribution < 1.29 is 18.0 Å². The summed E-state index contributed by atoms with van der Waals surface area (Å²) in [6.07, 6.45) is -2.95. The maximum atomic E-state index is 13.6. The molecule has 1 saturated heterocycles. The molecule has 2 N–H and O–H groups in total. The monoisotopic (exact) mass is 435 g/mol. The second-order valence-corrected chi connectivity index (χ2v) is 8.53. The van der Waals surface area contributed by atoms with Crippen molar-refractivity contribution in [3.63, 3.8) is 0 Å². The normalized spacial score (nSPS) is 24.0. The number of hydrogen-bond acceptors (Lipinski definition) is 4. The Kier molecular flexibility index (Phi) is 5.96. The fourth-order valence-corrected chi connectivity index (χ4v) is 4.46. The number of aromatic nitrogens is 2. The van der Waals surface area contributed by atoms with Gasteiger partial charge in [0.05, 0.1) is 12.2 Å². The van der Waals surface area contributed by atoms with Crippen LogP contribution in [0.15, 0.2) is 30.3 Å². The number of likely N-dealkylation sites (tertiary alicyclic amines) is 1. The predicted octanol–water partition coefficient (Wildman–Crippen LogP) is 4.32. The molecule has 31 heavy (non-hydrogen) atoms. The number of carbonyl (C=O) groups is 1. The second-order valence-electron chi connectivity index (χ2n) is 8.53. The smallest absolute Gasteiger partial charge is 0.367 e. The first kappa shape index (κ1) is 21.7. The number of halogens is 3. The summed E-state index contributed by atoms with van der Waals surface area (Å²) < 4.78 is 41.9. The van der Waals surface area contributed by atoms with Crippen LogP contribution >= 0.6 is 0 Å². The van der Waals surface area contributed by atoms with Crippen LogP contribution in [0, 0.1) is 6.92 Å². The molecular weight excluding hydrogens is 407 g/mol. The highest BCUT2D eigenvalue weighted by Crippen LogP contribution is 2.41. The minimum Gasteiger partial charge on any atom is -0.367 e. The number of amides is 1. The Morgan fingerprint density at radius 2 is 2.10 bits per heavy atom. The number of hydrogen-bond donors (Lipinski definition) is 2. The van der Waals surface area contributed by atoms with Crippen LogP contribution in [0.25, 0.3) is 0 Å². The lowest BCUT2D eigenvalue weighted by atomic mass is 10.0. The Bertz CT molecular complexity index is 941. The lowest BCUT2D eigenvalue weighted by Crippen LogP contribution is -2.38. The summed E-state index contributed by atoms with van der Waals surface area (Å²) >= 11 is 0. The molecule has 1 aromatic carbocycles. The molecule has 3 heterocycles. The fourth-order valence-electron chi connectivity index (χ4n) is 4.46. The van der Waals surface area contributed by atoms with Crippen LogP contribution in [-0.4, -0.2) is 52.4 Å². The number of carbonyl (C=O) groups excluding carboxylic acids is 1. The lowest BCUT2D eigenvalue weighted by Gasteiger charge is -2.32. The van der Waals surface area contributed by atoms with E-state index in [1.807, 2.05) is 43.0 Å². The number of rotatable bonds is 5. The van der Waals surface area contributed by atoms with Gasteiger partial charge in [0, 0.05) is 30.3 Å². The van der Waals surface area contributed by atoms with Gasteiger partial charge in [0.1, 0.15) is 5.82 Å². The fraction of sp³-hybridized carbons (Fsp3) is 0.545. The van der Waals surface area contributed by atoms with Crippen LogP contribution < -0.4 is 10.6 Å². The van der Waals surface area contributed by atoms with Gasteiger partial charge < -0.3 is 10.6 Å². The molecule has 0 spiro atoms. The van der Waals surface area contributed by atoms with Gasteiger partial charge >= 0.3 is 6.18 Å². The van der Waals surface area contributed by atoms with E-state index >= 15 is 0 Å². The largest absolute Gasteiger partial charge is 0.410 e. The molecule has 1 amide bonds. The molecule has 9 heteroatoms. The highest BCUT2D eigenvalue weighted by molar-refractivity contribution is 5.92. The van der Waals surface area contributed by atoms with Gasteiger partial charge in [-0.25, -0.2) is 4.68 Å². The average Bonchev–Trinajstić information content (AvgIpc) is 3.34. The number of para-hydroxylation sites is 1. The van der Waals surface area contributed by atoms with Crippen LogP contribution in [0.2, 0.25) is 0 Å². The molecule has 4 rings (SSSR count). The third-order valence-electron chi connectivity index (χ3n) is 6.26. The van der Waals surface area contributed by atoms with E-state index in [1.54, 1.807) is 6.07 Å². The zero-order valence-electron chi connectivity index (χ0n) is 17.7. The summed E-state index contributed by atoms with van der Waals surface area (Å²) in [6.45, 7) is 5.38. The molecular formula is C22H28F3N5O. The highest BCUT2D eigenvalue weighted by Gasteiger charge is 2.46. The van der Waals surface area contributed by atoms with Crippen molar-refractivity contribution in [3.05, 3.63) is 41.6 Å². The molecule has 0 saturated carbocycles. The van der Waals surface area contributed by atoms with Gasteiger partial charge in [-0.2, -0.15) is 18.3 Å². The molecule has 168 valence electrons. The number of benzene rings is 1. The zero-order valence-corrected chi connectivity index (χ0v) is 17.7. The summed E-state index contributed by atoms with van der Waals surface area (Å²) in [5.74, 6) is 0.356. The predicted molar refractivity (Wildman–Crippen MR) is 113 cm³/mol. The average molecular weight is 435 g/mol. The van der Waals surface area contributed by atoms with Crippen molar-refractivity contribution in [3.8, 4) is 0 Å². The van der Waals surface area contributed by atoms with Gasteiger partial charge in [-0.3, -0.25) is 9.69 Å². The van der Waals surface area contributed by atoms with Crippen molar-refractivity contribution in [2.45, 2.75) is 57.3 Å². The van der Waals surface area contributed by atoms with Crippen molar-refractivity contribution in [1.29, 1.82) is 0 Å². The Morgan fingerprint density at radius 1 is 1.32 bits per heavy atom. The number of anilines is 2. The molecule has 3 atom stereocenters. The number of nitrogens with zero attached hydrogens (tertiary/aromatic N) is 3. The summed E-state index contributed by atoms with van der Waals surface area (Å²) in [4.78, 5) is 14.5. The molecule has 1 aromatic heterocycles. The Morgan fingerprint density at radius 3 is 2.81 bits per heavy atom. The van der Waals surface area contributed by atoms with Gasteiger partial charge in [-0.1, -0.05) is 25.1 Å². The quantitative estimate of drug-likeness (QED) is 0.735. The van der Waals surface area contributed by atoms with Gasteiger partial charge in [0.2, 0.25) is 5.91 Å². The van der Waals surface area contributed by atoms with Crippen LogP contribution in [-0.2, 0) is 4.79 Å². The molecule has 1 fully saturated rings. The van der Waals surface area contributed by atoms with Gasteiger partial charge in [0.25, 0.3) is 0 Å². The summed E-state index contributed by atoms with van der Waals surface area (Å²) in [5.41, 5.74) is 2.45. The Balaban J connectivity index is 1.41. The highest BCUT2D eigenvalue weighted by atomic mass is 19.4. The maximum Gasteiger partial charge on any atom is 0.410 e. The minimum atomic E-state index is -4.33. The van der Waals surface area contributed by atoms with E-state index in [2.05, 4.69) is 15.7 Å².